The van der Waals surface area contributed by atoms with Gasteiger partial charge < -0.3 is 15.2 Å². The maximum atomic E-state index is 9.87. The Balaban J connectivity index is 1.38. The molecule has 3 aromatic heterocycles. The summed E-state index contributed by atoms with van der Waals surface area (Å²) in [5, 5.41) is 14.6. The Morgan fingerprint density at radius 2 is 1.95 bits per heavy atom. The second-order valence-corrected chi connectivity index (χ2v) is 10.3. The van der Waals surface area contributed by atoms with E-state index in [4.69, 9.17) is 4.98 Å². The molecule has 1 fully saturated rings. The van der Waals surface area contributed by atoms with Gasteiger partial charge in [0.1, 0.15) is 6.07 Å². The van der Waals surface area contributed by atoms with E-state index in [-0.39, 0.29) is 0 Å². The summed E-state index contributed by atoms with van der Waals surface area (Å²) in [5.41, 5.74) is 8.15. The zero-order chi connectivity index (χ0) is 26.6. The SMILES string of the molecule is Cc1ncc(C#N)c(Nc2ccc3[nH]ccc3c2C)c1/C=C/c1cccc(CN2CCC(N(C)C)CC2)n1. The van der Waals surface area contributed by atoms with Crippen LogP contribution in [0.4, 0.5) is 11.4 Å². The van der Waals surface area contributed by atoms with Gasteiger partial charge in [0.15, 0.2) is 0 Å². The first-order valence-electron chi connectivity index (χ1n) is 13.2. The van der Waals surface area contributed by atoms with E-state index in [1.807, 2.05) is 37.4 Å². The second-order valence-electron chi connectivity index (χ2n) is 10.3. The molecule has 1 aliphatic rings. The van der Waals surface area contributed by atoms with Crippen molar-refractivity contribution in [3.63, 3.8) is 0 Å². The molecule has 5 rings (SSSR count). The summed E-state index contributed by atoms with van der Waals surface area (Å²) in [5.74, 6) is 0. The molecule has 0 unspecified atom stereocenters. The van der Waals surface area contributed by atoms with Crippen molar-refractivity contribution in [3.8, 4) is 6.07 Å². The number of benzene rings is 1. The number of rotatable bonds is 7. The number of nitrogens with zero attached hydrogens (tertiary/aromatic N) is 5. The average molecular weight is 506 g/mol. The summed E-state index contributed by atoms with van der Waals surface area (Å²) in [6, 6.07) is 15.3. The van der Waals surface area contributed by atoms with Gasteiger partial charge in [-0.1, -0.05) is 6.07 Å². The summed E-state index contributed by atoms with van der Waals surface area (Å²) in [4.78, 5) is 17.5. The van der Waals surface area contributed by atoms with Crippen molar-refractivity contribution < 1.29 is 0 Å². The van der Waals surface area contributed by atoms with Gasteiger partial charge in [-0.3, -0.25) is 14.9 Å². The molecule has 4 aromatic rings. The topological polar surface area (TPSA) is 83.9 Å². The van der Waals surface area contributed by atoms with Crippen LogP contribution in [0.15, 0.2) is 48.8 Å². The number of pyridine rings is 2. The second kappa shape index (κ2) is 11.2. The molecule has 4 heterocycles. The van der Waals surface area contributed by atoms with Crippen molar-refractivity contribution in [2.45, 2.75) is 39.3 Å². The monoisotopic (exact) mass is 505 g/mol. The quantitative estimate of drug-likeness (QED) is 0.326. The van der Waals surface area contributed by atoms with Gasteiger partial charge in [-0.15, -0.1) is 0 Å². The molecule has 38 heavy (non-hydrogen) atoms. The van der Waals surface area contributed by atoms with Crippen LogP contribution in [-0.2, 0) is 6.54 Å². The van der Waals surface area contributed by atoms with Gasteiger partial charge in [0.25, 0.3) is 0 Å². The number of anilines is 2. The molecule has 7 heteroatoms. The Kier molecular flexibility index (Phi) is 7.54. The lowest BCUT2D eigenvalue weighted by molar-refractivity contribution is 0.139. The fraction of sp³-hybridized carbons (Fsp3) is 0.323. The molecule has 0 atom stereocenters. The highest BCUT2D eigenvalue weighted by molar-refractivity contribution is 5.90. The van der Waals surface area contributed by atoms with Gasteiger partial charge >= 0.3 is 0 Å². The van der Waals surface area contributed by atoms with E-state index in [9.17, 15) is 5.26 Å². The van der Waals surface area contributed by atoms with Crippen LogP contribution in [0.5, 0.6) is 0 Å². The number of fused-ring (bicyclic) bond motifs is 1. The predicted molar refractivity (Wildman–Crippen MR) is 155 cm³/mol. The van der Waals surface area contributed by atoms with E-state index in [2.05, 4.69) is 76.4 Å². The Hall–Kier alpha value is -3.99. The highest BCUT2D eigenvalue weighted by atomic mass is 15.2. The summed E-state index contributed by atoms with van der Waals surface area (Å²) >= 11 is 0. The standard InChI is InChI=1S/C31H35N7/c1-21-27-12-15-33-30(27)11-10-29(21)36-31-23(18-32)19-34-22(2)28(31)9-8-24-6-5-7-25(35-24)20-38-16-13-26(14-17-38)37(3)4/h5-12,15,19,26,33H,13-14,16-17,20H2,1-4H3,(H,34,36)/b9-8+. The largest absolute Gasteiger partial charge is 0.361 e. The minimum atomic E-state index is 0.506. The van der Waals surface area contributed by atoms with E-state index in [1.165, 1.54) is 12.8 Å². The van der Waals surface area contributed by atoms with Crippen LogP contribution < -0.4 is 5.32 Å². The zero-order valence-electron chi connectivity index (χ0n) is 22.6. The number of aromatic nitrogens is 3. The number of aryl methyl sites for hydroxylation is 2. The number of likely N-dealkylation sites (tertiary alicyclic amines) is 1. The molecule has 0 saturated carbocycles. The number of H-pyrrole nitrogens is 1. The summed E-state index contributed by atoms with van der Waals surface area (Å²) in [7, 11) is 4.34. The summed E-state index contributed by atoms with van der Waals surface area (Å²) in [6.45, 7) is 7.11. The fourth-order valence-electron chi connectivity index (χ4n) is 5.27. The van der Waals surface area contributed by atoms with E-state index in [0.717, 1.165) is 70.1 Å². The first-order chi connectivity index (χ1) is 18.4. The highest BCUT2D eigenvalue weighted by Gasteiger charge is 2.21. The molecule has 7 nitrogen and oxygen atoms in total. The van der Waals surface area contributed by atoms with Gasteiger partial charge in [0, 0.05) is 65.9 Å². The van der Waals surface area contributed by atoms with Crippen LogP contribution in [0.25, 0.3) is 23.1 Å². The summed E-state index contributed by atoms with van der Waals surface area (Å²) < 4.78 is 0. The highest BCUT2D eigenvalue weighted by Crippen LogP contribution is 2.32. The third-order valence-electron chi connectivity index (χ3n) is 7.62. The number of hydrogen-bond acceptors (Lipinski definition) is 6. The molecule has 1 saturated heterocycles. The van der Waals surface area contributed by atoms with Gasteiger partial charge in [-0.05, 0) is 88.8 Å². The summed E-state index contributed by atoms with van der Waals surface area (Å²) in [6.07, 6.45) is 10.0. The maximum Gasteiger partial charge on any atom is 0.103 e. The Labute approximate surface area is 224 Å². The zero-order valence-corrected chi connectivity index (χ0v) is 22.6. The van der Waals surface area contributed by atoms with Crippen molar-refractivity contribution in [2.75, 3.05) is 32.5 Å². The molecule has 0 radical (unpaired) electrons. The van der Waals surface area contributed by atoms with E-state index in [1.54, 1.807) is 6.20 Å². The van der Waals surface area contributed by atoms with Crippen LogP contribution >= 0.6 is 0 Å². The number of hydrogen-bond donors (Lipinski definition) is 2. The molecular formula is C31H35N7. The Morgan fingerprint density at radius 1 is 1.13 bits per heavy atom. The van der Waals surface area contributed by atoms with E-state index < -0.39 is 0 Å². The molecule has 1 aliphatic heterocycles. The van der Waals surface area contributed by atoms with Crippen LogP contribution in [0.2, 0.25) is 0 Å². The molecule has 0 spiro atoms. The number of piperidine rings is 1. The maximum absolute atomic E-state index is 9.87. The lowest BCUT2D eigenvalue weighted by atomic mass is 10.0. The van der Waals surface area contributed by atoms with Crippen molar-refractivity contribution >= 4 is 34.4 Å². The van der Waals surface area contributed by atoms with Crippen molar-refractivity contribution in [2.24, 2.45) is 0 Å². The molecule has 0 bridgehead atoms. The molecule has 0 amide bonds. The minimum absolute atomic E-state index is 0.506. The smallest absolute Gasteiger partial charge is 0.103 e. The lowest BCUT2D eigenvalue weighted by Crippen LogP contribution is -2.41. The van der Waals surface area contributed by atoms with Crippen molar-refractivity contribution in [1.29, 1.82) is 5.26 Å². The van der Waals surface area contributed by atoms with Crippen LogP contribution in [0, 0.1) is 25.2 Å². The number of nitriles is 1. The predicted octanol–water partition coefficient (Wildman–Crippen LogP) is 5.89. The molecule has 2 N–H and O–H groups in total. The van der Waals surface area contributed by atoms with Crippen LogP contribution in [0.3, 0.4) is 0 Å². The molecule has 1 aromatic carbocycles. The van der Waals surface area contributed by atoms with Gasteiger partial charge in [0.2, 0.25) is 0 Å². The third kappa shape index (κ3) is 5.47. The number of aromatic amines is 1. The molecule has 194 valence electrons. The first kappa shape index (κ1) is 25.7. The number of nitrogens with one attached hydrogen (secondary N) is 2. The minimum Gasteiger partial charge on any atom is -0.361 e. The first-order valence-corrected chi connectivity index (χ1v) is 13.2. The van der Waals surface area contributed by atoms with Crippen LogP contribution in [0.1, 0.15) is 46.6 Å². The fourth-order valence-corrected chi connectivity index (χ4v) is 5.27. The lowest BCUT2D eigenvalue weighted by Gasteiger charge is -2.35. The van der Waals surface area contributed by atoms with E-state index in [0.29, 0.717) is 11.6 Å². The average Bonchev–Trinajstić information content (AvgIpc) is 3.40. The van der Waals surface area contributed by atoms with E-state index >= 15 is 0 Å². The van der Waals surface area contributed by atoms with Gasteiger partial charge in [-0.2, -0.15) is 5.26 Å². The van der Waals surface area contributed by atoms with Crippen LogP contribution in [-0.4, -0.2) is 58.0 Å². The van der Waals surface area contributed by atoms with Gasteiger partial charge in [0.05, 0.1) is 22.6 Å². The molecule has 0 aliphatic carbocycles. The van der Waals surface area contributed by atoms with Gasteiger partial charge in [-0.25, -0.2) is 0 Å². The van der Waals surface area contributed by atoms with Crippen molar-refractivity contribution in [1.82, 2.24) is 24.8 Å². The molecular weight excluding hydrogens is 470 g/mol. The Bertz CT molecular complexity index is 1500. The normalized spacial score (nSPS) is 14.9. The Morgan fingerprint density at radius 3 is 2.71 bits per heavy atom. The third-order valence-corrected chi connectivity index (χ3v) is 7.62. The van der Waals surface area contributed by atoms with Crippen molar-refractivity contribution in [3.05, 3.63) is 82.6 Å².